The zero-order valence-corrected chi connectivity index (χ0v) is 13.4. The van der Waals surface area contributed by atoms with E-state index >= 15 is 0 Å². The van der Waals surface area contributed by atoms with Gasteiger partial charge in [0.15, 0.2) is 0 Å². The van der Waals surface area contributed by atoms with Crippen LogP contribution in [0, 0.1) is 11.8 Å². The third-order valence-electron chi connectivity index (χ3n) is 1.95. The summed E-state index contributed by atoms with van der Waals surface area (Å²) < 4.78 is 41.9. The lowest BCUT2D eigenvalue weighted by Crippen LogP contribution is -2.19. The van der Waals surface area contributed by atoms with Crippen LogP contribution in [-0.4, -0.2) is 63.0 Å². The SMILES string of the molecule is C.C[C@@H](CS(C)(=O)=O)C(=O)O.C[C@H](CS(C)(=O)=O)C(=O)O. The van der Waals surface area contributed by atoms with Crippen molar-refractivity contribution in [3.63, 3.8) is 0 Å². The lowest BCUT2D eigenvalue weighted by molar-refractivity contribution is -0.141. The first-order valence-corrected chi connectivity index (χ1v) is 9.59. The highest BCUT2D eigenvalue weighted by atomic mass is 32.2. The molecular weight excluding hydrogens is 324 g/mol. The Kier molecular flexibility index (Phi) is 11.5. The van der Waals surface area contributed by atoms with Crippen LogP contribution in [0.1, 0.15) is 21.3 Å². The number of sulfone groups is 2. The molecule has 128 valence electrons. The summed E-state index contributed by atoms with van der Waals surface area (Å²) in [5.41, 5.74) is 0. The van der Waals surface area contributed by atoms with Gasteiger partial charge in [0.2, 0.25) is 0 Å². The van der Waals surface area contributed by atoms with Crippen LogP contribution < -0.4 is 0 Å². The summed E-state index contributed by atoms with van der Waals surface area (Å²) in [4.78, 5) is 20.2. The summed E-state index contributed by atoms with van der Waals surface area (Å²) in [6.45, 7) is 2.73. The molecule has 0 aromatic rings. The molecule has 2 N–H and O–H groups in total. The molecule has 0 rings (SSSR count). The summed E-state index contributed by atoms with van der Waals surface area (Å²) in [5.74, 6) is -4.36. The molecule has 0 unspecified atom stereocenters. The fraction of sp³-hybridized carbons (Fsp3) is 0.818. The van der Waals surface area contributed by atoms with Gasteiger partial charge in [-0.1, -0.05) is 21.3 Å². The van der Waals surface area contributed by atoms with Crippen molar-refractivity contribution in [2.45, 2.75) is 21.3 Å². The van der Waals surface area contributed by atoms with Crippen molar-refractivity contribution in [3.8, 4) is 0 Å². The Morgan fingerprint density at radius 1 is 0.810 bits per heavy atom. The molecule has 0 aliphatic rings. The van der Waals surface area contributed by atoms with Crippen molar-refractivity contribution in [1.29, 1.82) is 0 Å². The fourth-order valence-electron chi connectivity index (χ4n) is 1.05. The predicted molar refractivity (Wildman–Crippen MR) is 79.8 cm³/mol. The average molecular weight is 348 g/mol. The van der Waals surface area contributed by atoms with E-state index in [-0.39, 0.29) is 18.9 Å². The summed E-state index contributed by atoms with van der Waals surface area (Å²) in [7, 11) is -6.30. The molecule has 0 heterocycles. The minimum Gasteiger partial charge on any atom is -0.481 e. The van der Waals surface area contributed by atoms with E-state index in [1.54, 1.807) is 0 Å². The van der Waals surface area contributed by atoms with Crippen LogP contribution >= 0.6 is 0 Å². The van der Waals surface area contributed by atoms with Crippen molar-refractivity contribution < 1.29 is 36.6 Å². The molecule has 0 aromatic carbocycles. The van der Waals surface area contributed by atoms with E-state index in [9.17, 15) is 26.4 Å². The van der Waals surface area contributed by atoms with Crippen molar-refractivity contribution in [3.05, 3.63) is 0 Å². The van der Waals surface area contributed by atoms with E-state index in [0.29, 0.717) is 0 Å². The van der Waals surface area contributed by atoms with Gasteiger partial charge in [0.25, 0.3) is 0 Å². The van der Waals surface area contributed by atoms with Gasteiger partial charge in [-0.15, -0.1) is 0 Å². The van der Waals surface area contributed by atoms with Gasteiger partial charge in [0, 0.05) is 12.5 Å². The van der Waals surface area contributed by atoms with Crippen LogP contribution in [0.3, 0.4) is 0 Å². The maximum atomic E-state index is 10.5. The number of carbonyl (C=O) groups is 2. The number of carboxylic acids is 2. The Hall–Kier alpha value is -1.16. The summed E-state index contributed by atoms with van der Waals surface area (Å²) >= 11 is 0. The van der Waals surface area contributed by atoms with Gasteiger partial charge in [-0.2, -0.15) is 0 Å². The highest BCUT2D eigenvalue weighted by Crippen LogP contribution is 1.99. The van der Waals surface area contributed by atoms with Crippen LogP contribution in [-0.2, 0) is 29.3 Å². The molecule has 0 aliphatic carbocycles. The molecule has 0 saturated carbocycles. The Labute approximate surface area is 126 Å². The maximum absolute atomic E-state index is 10.5. The minimum absolute atomic E-state index is 0. The molecule has 0 amide bonds. The third kappa shape index (κ3) is 18.8. The Balaban J connectivity index is -0.000000295. The third-order valence-corrected chi connectivity index (χ3v) is 4.16. The average Bonchev–Trinajstić information content (AvgIpc) is 2.12. The standard InChI is InChI=1S/2C5H10O4S.CH4/c2*1-4(5(6)7)3-10(2,8)9;/h2*4H,3H2,1-2H3,(H,6,7);1H4/t2*4-;/m10./s1. The molecule has 21 heavy (non-hydrogen) atoms. The van der Waals surface area contributed by atoms with Crippen LogP contribution in [0.4, 0.5) is 0 Å². The topological polar surface area (TPSA) is 143 Å². The van der Waals surface area contributed by atoms with Gasteiger partial charge >= 0.3 is 11.9 Å². The monoisotopic (exact) mass is 348 g/mol. The van der Waals surface area contributed by atoms with Crippen molar-refractivity contribution >= 4 is 31.6 Å². The van der Waals surface area contributed by atoms with Crippen LogP contribution in [0.2, 0.25) is 0 Å². The molecule has 10 heteroatoms. The van der Waals surface area contributed by atoms with E-state index in [4.69, 9.17) is 10.2 Å². The van der Waals surface area contributed by atoms with E-state index in [1.165, 1.54) is 13.8 Å². The zero-order valence-electron chi connectivity index (χ0n) is 11.7. The number of hydrogen-bond acceptors (Lipinski definition) is 6. The highest BCUT2D eigenvalue weighted by molar-refractivity contribution is 7.90. The van der Waals surface area contributed by atoms with E-state index in [2.05, 4.69) is 0 Å². The van der Waals surface area contributed by atoms with Gasteiger partial charge in [-0.05, 0) is 0 Å². The predicted octanol–water partition coefficient (Wildman–Crippen LogP) is 0.140. The lowest BCUT2D eigenvalue weighted by Gasteiger charge is -2.01. The van der Waals surface area contributed by atoms with Crippen LogP contribution in [0.25, 0.3) is 0 Å². The molecule has 0 fully saturated rings. The lowest BCUT2D eigenvalue weighted by atomic mass is 10.2. The van der Waals surface area contributed by atoms with Crippen molar-refractivity contribution in [2.24, 2.45) is 11.8 Å². The fourth-order valence-corrected chi connectivity index (χ4v) is 3.15. The second-order valence-corrected chi connectivity index (χ2v) is 9.03. The molecule has 0 bridgehead atoms. The maximum Gasteiger partial charge on any atom is 0.307 e. The Morgan fingerprint density at radius 2 is 1.00 bits per heavy atom. The number of aliphatic carboxylic acids is 2. The molecule has 8 nitrogen and oxygen atoms in total. The molecule has 0 saturated heterocycles. The largest absolute Gasteiger partial charge is 0.481 e. The van der Waals surface area contributed by atoms with Crippen LogP contribution in [0.15, 0.2) is 0 Å². The summed E-state index contributed by atoms with van der Waals surface area (Å²) in [6, 6.07) is 0. The number of rotatable bonds is 6. The molecule has 0 spiro atoms. The number of hydrogen-bond donors (Lipinski definition) is 2. The molecule has 0 aliphatic heterocycles. The van der Waals surface area contributed by atoms with E-state index < -0.39 is 43.4 Å². The summed E-state index contributed by atoms with van der Waals surface area (Å²) in [5, 5.41) is 16.6. The smallest absolute Gasteiger partial charge is 0.307 e. The quantitative estimate of drug-likeness (QED) is 0.690. The first kappa shape index (κ1) is 24.8. The molecular formula is C11H24O8S2. The Bertz CT molecular complexity index is 483. The second kappa shape index (κ2) is 9.72. The first-order valence-electron chi connectivity index (χ1n) is 5.46. The van der Waals surface area contributed by atoms with Gasteiger partial charge < -0.3 is 10.2 Å². The normalized spacial score (nSPS) is 13.9. The van der Waals surface area contributed by atoms with Gasteiger partial charge in [-0.3, -0.25) is 9.59 Å². The van der Waals surface area contributed by atoms with E-state index in [0.717, 1.165) is 12.5 Å². The van der Waals surface area contributed by atoms with Gasteiger partial charge in [-0.25, -0.2) is 16.8 Å². The van der Waals surface area contributed by atoms with Crippen molar-refractivity contribution in [1.82, 2.24) is 0 Å². The molecule has 2 atom stereocenters. The summed E-state index contributed by atoms with van der Waals surface area (Å²) in [6.07, 6.45) is 2.04. The van der Waals surface area contributed by atoms with Crippen molar-refractivity contribution in [2.75, 3.05) is 24.0 Å². The molecule has 0 radical (unpaired) electrons. The Morgan fingerprint density at radius 3 is 1.05 bits per heavy atom. The molecule has 0 aromatic heterocycles. The zero-order chi connectivity index (χ0) is 16.7. The second-order valence-electron chi connectivity index (χ2n) is 4.66. The highest BCUT2D eigenvalue weighted by Gasteiger charge is 2.17. The van der Waals surface area contributed by atoms with Gasteiger partial charge in [0.05, 0.1) is 23.3 Å². The van der Waals surface area contributed by atoms with Gasteiger partial charge in [0.1, 0.15) is 19.7 Å². The van der Waals surface area contributed by atoms with Crippen LogP contribution in [0.5, 0.6) is 0 Å². The first-order chi connectivity index (χ1) is 8.65. The minimum atomic E-state index is -3.15. The number of carboxylic acid groups (broad SMARTS) is 2. The van der Waals surface area contributed by atoms with E-state index in [1.807, 2.05) is 0 Å².